The van der Waals surface area contributed by atoms with Crippen LogP contribution in [-0.4, -0.2) is 16.9 Å². The second kappa shape index (κ2) is 6.80. The third-order valence-corrected chi connectivity index (χ3v) is 4.89. The fourth-order valence-corrected chi connectivity index (χ4v) is 3.49. The van der Waals surface area contributed by atoms with Gasteiger partial charge in [-0.15, -0.1) is 0 Å². The van der Waals surface area contributed by atoms with E-state index in [0.29, 0.717) is 41.3 Å². The predicted molar refractivity (Wildman–Crippen MR) is 99.5 cm³/mol. The number of amides is 1. The van der Waals surface area contributed by atoms with Gasteiger partial charge in [0.25, 0.3) is 12.4 Å². The molecule has 0 atom stereocenters. The van der Waals surface area contributed by atoms with Crippen LogP contribution in [0.2, 0.25) is 0 Å². The Morgan fingerprint density at radius 3 is 2.48 bits per heavy atom. The molecular formula is C21H15F3N2O3. The molecule has 4 rings (SSSR count). The molecule has 0 aliphatic carbocycles. The number of fused-ring (bicyclic) bond motifs is 1. The average molecular weight is 400 g/mol. The molecule has 0 saturated heterocycles. The Balaban J connectivity index is 1.71. The summed E-state index contributed by atoms with van der Waals surface area (Å²) < 4.78 is 45.0. The number of aryl methyl sites for hydroxylation is 1. The maximum absolute atomic E-state index is 13.1. The second-order valence-corrected chi connectivity index (χ2v) is 6.67. The van der Waals surface area contributed by atoms with Gasteiger partial charge < -0.3 is 14.2 Å². The molecule has 0 unspecified atom stereocenters. The van der Waals surface area contributed by atoms with Crippen LogP contribution < -0.4 is 9.64 Å². The minimum Gasteiger partial charge on any atom is -0.411 e. The van der Waals surface area contributed by atoms with E-state index >= 15 is 0 Å². The van der Waals surface area contributed by atoms with E-state index in [-0.39, 0.29) is 5.91 Å². The fraction of sp³-hybridized carbons (Fsp3) is 0.143. The number of ether oxygens (including phenoxy) is 1. The highest BCUT2D eigenvalue weighted by Gasteiger charge is 2.33. The number of halogens is 3. The van der Waals surface area contributed by atoms with Crippen molar-refractivity contribution in [2.24, 2.45) is 7.05 Å². The zero-order chi connectivity index (χ0) is 20.8. The first-order valence-corrected chi connectivity index (χ1v) is 8.67. The minimum atomic E-state index is -4.42. The Morgan fingerprint density at radius 1 is 1.10 bits per heavy atom. The lowest BCUT2D eigenvalue weighted by atomic mass is 9.96. The molecule has 0 fully saturated rings. The maximum Gasteiger partial charge on any atom is 0.416 e. The average Bonchev–Trinajstić information content (AvgIpc) is 3.22. The lowest BCUT2D eigenvalue weighted by Crippen LogP contribution is -2.22. The molecule has 0 N–H and O–H groups in total. The van der Waals surface area contributed by atoms with Gasteiger partial charge in [-0.3, -0.25) is 9.59 Å². The molecule has 3 aromatic rings. The quantitative estimate of drug-likeness (QED) is 0.610. The van der Waals surface area contributed by atoms with Crippen molar-refractivity contribution in [1.82, 2.24) is 4.57 Å². The summed E-state index contributed by atoms with van der Waals surface area (Å²) in [5, 5.41) is 0. The zero-order valence-electron chi connectivity index (χ0n) is 15.2. The number of hydrogen-bond acceptors (Lipinski definition) is 3. The Morgan fingerprint density at radius 2 is 1.83 bits per heavy atom. The van der Waals surface area contributed by atoms with E-state index in [4.69, 9.17) is 4.74 Å². The van der Waals surface area contributed by atoms with Crippen LogP contribution in [0.4, 0.5) is 18.9 Å². The van der Waals surface area contributed by atoms with Gasteiger partial charge in [-0.1, -0.05) is 30.3 Å². The van der Waals surface area contributed by atoms with Gasteiger partial charge in [0.05, 0.1) is 23.4 Å². The first-order chi connectivity index (χ1) is 13.8. The summed E-state index contributed by atoms with van der Waals surface area (Å²) in [6.45, 7) is 0.621. The standard InChI is InChI=1S/C21H15F3N2O3/c1-25-11-16(9-18(25)29-12-27)26-10-14-3-2-4-17(19(14)20(26)28)13-5-7-15(8-6-13)21(22,23)24/h2-9,11-12H,10H2,1H3. The smallest absolute Gasteiger partial charge is 0.411 e. The number of nitrogens with zero attached hydrogens (tertiary/aromatic N) is 2. The highest BCUT2D eigenvalue weighted by molar-refractivity contribution is 6.14. The topological polar surface area (TPSA) is 51.5 Å². The Kier molecular flexibility index (Phi) is 4.41. The Hall–Kier alpha value is -3.55. The molecule has 1 aliphatic rings. The third kappa shape index (κ3) is 3.26. The van der Waals surface area contributed by atoms with Gasteiger partial charge in [-0.2, -0.15) is 13.2 Å². The summed E-state index contributed by atoms with van der Waals surface area (Å²) >= 11 is 0. The Bertz CT molecular complexity index is 1100. The molecule has 148 valence electrons. The number of carbonyl (C=O) groups is 2. The maximum atomic E-state index is 13.1. The SMILES string of the molecule is Cn1cc(N2Cc3cccc(-c4ccc(C(F)(F)F)cc4)c3C2=O)cc1OC=O. The molecule has 29 heavy (non-hydrogen) atoms. The van der Waals surface area contributed by atoms with Gasteiger partial charge in [0.2, 0.25) is 5.88 Å². The molecular weight excluding hydrogens is 385 g/mol. The van der Waals surface area contributed by atoms with E-state index in [1.165, 1.54) is 17.0 Å². The van der Waals surface area contributed by atoms with Crippen molar-refractivity contribution in [3.63, 3.8) is 0 Å². The molecule has 2 aromatic carbocycles. The third-order valence-electron chi connectivity index (χ3n) is 4.89. The van der Waals surface area contributed by atoms with Crippen LogP contribution in [0.25, 0.3) is 11.1 Å². The van der Waals surface area contributed by atoms with Gasteiger partial charge in [-0.05, 0) is 28.8 Å². The lowest BCUT2D eigenvalue weighted by molar-refractivity contribution is -0.137. The minimum absolute atomic E-state index is 0.265. The van der Waals surface area contributed by atoms with Gasteiger partial charge in [0, 0.05) is 19.3 Å². The predicted octanol–water partition coefficient (Wildman–Crippen LogP) is 4.41. The first-order valence-electron chi connectivity index (χ1n) is 8.67. The summed E-state index contributed by atoms with van der Waals surface area (Å²) in [6, 6.07) is 11.6. The van der Waals surface area contributed by atoms with E-state index in [0.717, 1.165) is 17.7 Å². The van der Waals surface area contributed by atoms with E-state index < -0.39 is 11.7 Å². The van der Waals surface area contributed by atoms with Crippen LogP contribution in [0.1, 0.15) is 21.5 Å². The van der Waals surface area contributed by atoms with Crippen molar-refractivity contribution in [3.05, 3.63) is 71.4 Å². The van der Waals surface area contributed by atoms with Gasteiger partial charge in [0.15, 0.2) is 0 Å². The van der Waals surface area contributed by atoms with E-state index in [2.05, 4.69) is 0 Å². The fourth-order valence-electron chi connectivity index (χ4n) is 3.49. The monoisotopic (exact) mass is 400 g/mol. The highest BCUT2D eigenvalue weighted by atomic mass is 19.4. The number of rotatable bonds is 4. The van der Waals surface area contributed by atoms with Crippen molar-refractivity contribution in [1.29, 1.82) is 0 Å². The highest BCUT2D eigenvalue weighted by Crippen LogP contribution is 2.37. The largest absolute Gasteiger partial charge is 0.416 e. The first kappa shape index (κ1) is 18.8. The van der Waals surface area contributed by atoms with Crippen LogP contribution in [0.15, 0.2) is 54.7 Å². The summed E-state index contributed by atoms with van der Waals surface area (Å²) in [7, 11) is 1.68. The molecule has 1 amide bonds. The van der Waals surface area contributed by atoms with Gasteiger partial charge in [-0.25, -0.2) is 0 Å². The van der Waals surface area contributed by atoms with Gasteiger partial charge >= 0.3 is 6.18 Å². The van der Waals surface area contributed by atoms with Crippen LogP contribution in [0, 0.1) is 0 Å². The van der Waals surface area contributed by atoms with E-state index in [9.17, 15) is 22.8 Å². The molecule has 0 spiro atoms. The van der Waals surface area contributed by atoms with E-state index in [1.54, 1.807) is 36.0 Å². The van der Waals surface area contributed by atoms with Crippen molar-refractivity contribution in [3.8, 4) is 17.0 Å². The van der Waals surface area contributed by atoms with Crippen molar-refractivity contribution in [2.75, 3.05) is 4.90 Å². The van der Waals surface area contributed by atoms with Crippen molar-refractivity contribution >= 4 is 18.1 Å². The number of carbonyl (C=O) groups excluding carboxylic acids is 2. The Labute approximate surface area is 163 Å². The molecule has 0 radical (unpaired) electrons. The van der Waals surface area contributed by atoms with E-state index in [1.807, 2.05) is 6.07 Å². The van der Waals surface area contributed by atoms with Crippen molar-refractivity contribution in [2.45, 2.75) is 12.7 Å². The summed E-state index contributed by atoms with van der Waals surface area (Å²) in [4.78, 5) is 25.3. The van der Waals surface area contributed by atoms with Crippen LogP contribution in [-0.2, 0) is 24.6 Å². The molecule has 5 nitrogen and oxygen atoms in total. The van der Waals surface area contributed by atoms with Crippen LogP contribution in [0.3, 0.4) is 0 Å². The van der Waals surface area contributed by atoms with Crippen molar-refractivity contribution < 1.29 is 27.5 Å². The summed E-state index contributed by atoms with van der Waals surface area (Å²) in [5.41, 5.74) is 2.15. The zero-order valence-corrected chi connectivity index (χ0v) is 15.2. The molecule has 2 heterocycles. The number of aromatic nitrogens is 1. The molecule has 1 aromatic heterocycles. The number of anilines is 1. The molecule has 0 bridgehead atoms. The number of hydrogen-bond donors (Lipinski definition) is 0. The van der Waals surface area contributed by atoms with Gasteiger partial charge in [0.1, 0.15) is 0 Å². The molecule has 1 aliphatic heterocycles. The molecule has 0 saturated carbocycles. The van der Waals surface area contributed by atoms with Crippen LogP contribution >= 0.6 is 0 Å². The normalized spacial score (nSPS) is 13.5. The molecule has 8 heteroatoms. The second-order valence-electron chi connectivity index (χ2n) is 6.67. The number of benzene rings is 2. The lowest BCUT2D eigenvalue weighted by Gasteiger charge is -2.13. The number of alkyl halides is 3. The summed E-state index contributed by atoms with van der Waals surface area (Å²) in [6.07, 6.45) is -2.75. The van der Waals surface area contributed by atoms with Crippen LogP contribution in [0.5, 0.6) is 5.88 Å². The summed E-state index contributed by atoms with van der Waals surface area (Å²) in [5.74, 6) is 0.0282.